The Morgan fingerprint density at radius 3 is 3.05 bits per heavy atom. The molecule has 1 aromatic rings. The van der Waals surface area contributed by atoms with Crippen molar-refractivity contribution in [3.8, 4) is 0 Å². The largest absolute Gasteiger partial charge is 0.320 e. The van der Waals surface area contributed by atoms with Gasteiger partial charge in [-0.2, -0.15) is 8.78 Å². The van der Waals surface area contributed by atoms with E-state index in [1.165, 1.54) is 18.8 Å². The molecule has 4 nitrogen and oxygen atoms in total. The predicted molar refractivity (Wildman–Crippen MR) is 70.1 cm³/mol. The van der Waals surface area contributed by atoms with Crippen molar-refractivity contribution in [2.24, 2.45) is 0 Å². The molecular weight excluding hydrogens is 250 g/mol. The predicted octanol–water partition coefficient (Wildman–Crippen LogP) is 2.24. The van der Waals surface area contributed by atoms with E-state index in [0.717, 1.165) is 36.9 Å². The zero-order valence-corrected chi connectivity index (χ0v) is 11.4. The number of likely N-dealkylation sites (tertiary alicyclic amines) is 1. The van der Waals surface area contributed by atoms with Crippen LogP contribution in [0.5, 0.6) is 0 Å². The minimum Gasteiger partial charge on any atom is -0.320 e. The van der Waals surface area contributed by atoms with Crippen molar-refractivity contribution >= 4 is 0 Å². The molecule has 1 unspecified atom stereocenters. The van der Waals surface area contributed by atoms with E-state index in [2.05, 4.69) is 15.2 Å². The average Bonchev–Trinajstić information content (AvgIpc) is 2.86. The molecule has 0 saturated carbocycles. The first-order valence-corrected chi connectivity index (χ1v) is 6.91. The molecule has 1 aliphatic rings. The lowest BCUT2D eigenvalue weighted by Gasteiger charge is -2.35. The molecule has 2 rings (SSSR count). The third-order valence-electron chi connectivity index (χ3n) is 3.78. The lowest BCUT2D eigenvalue weighted by Crippen LogP contribution is -2.41. The standard InChI is InChI=1S/C13H22F2N4/c1-16-6-5-11-4-2-3-8-18(11)10-12-17-7-9-19(12)13(14)15/h7,9,11,13,16H,2-6,8,10H2,1H3. The van der Waals surface area contributed by atoms with Gasteiger partial charge in [0.2, 0.25) is 0 Å². The van der Waals surface area contributed by atoms with Crippen LogP contribution >= 0.6 is 0 Å². The van der Waals surface area contributed by atoms with Crippen LogP contribution in [0, 0.1) is 0 Å². The Balaban J connectivity index is 2.00. The van der Waals surface area contributed by atoms with E-state index in [1.807, 2.05) is 7.05 Å². The Morgan fingerprint density at radius 2 is 2.32 bits per heavy atom. The number of hydrogen-bond acceptors (Lipinski definition) is 3. The number of nitrogens with zero attached hydrogens (tertiary/aromatic N) is 3. The fourth-order valence-corrected chi connectivity index (χ4v) is 2.73. The molecule has 108 valence electrons. The molecule has 0 spiro atoms. The number of nitrogens with one attached hydrogen (secondary N) is 1. The van der Waals surface area contributed by atoms with E-state index in [4.69, 9.17) is 0 Å². The highest BCUT2D eigenvalue weighted by Crippen LogP contribution is 2.22. The third-order valence-corrected chi connectivity index (χ3v) is 3.78. The highest BCUT2D eigenvalue weighted by molar-refractivity contribution is 4.94. The van der Waals surface area contributed by atoms with E-state index in [1.54, 1.807) is 0 Å². The van der Waals surface area contributed by atoms with Gasteiger partial charge in [-0.3, -0.25) is 9.47 Å². The van der Waals surface area contributed by atoms with Crippen molar-refractivity contribution in [3.63, 3.8) is 0 Å². The molecule has 1 saturated heterocycles. The minimum absolute atomic E-state index is 0.464. The highest BCUT2D eigenvalue weighted by atomic mass is 19.3. The Morgan fingerprint density at radius 1 is 1.47 bits per heavy atom. The van der Waals surface area contributed by atoms with Crippen LogP contribution in [0.1, 0.15) is 38.1 Å². The van der Waals surface area contributed by atoms with Gasteiger partial charge in [-0.1, -0.05) is 6.42 Å². The molecule has 0 bridgehead atoms. The molecular formula is C13H22F2N4. The van der Waals surface area contributed by atoms with Gasteiger partial charge in [0.05, 0.1) is 6.54 Å². The monoisotopic (exact) mass is 272 g/mol. The number of alkyl halides is 2. The quantitative estimate of drug-likeness (QED) is 0.862. The maximum atomic E-state index is 12.8. The van der Waals surface area contributed by atoms with Gasteiger partial charge in [0, 0.05) is 18.4 Å². The van der Waals surface area contributed by atoms with Gasteiger partial charge in [-0.15, -0.1) is 0 Å². The second-order valence-corrected chi connectivity index (χ2v) is 5.04. The van der Waals surface area contributed by atoms with Gasteiger partial charge in [0.1, 0.15) is 5.82 Å². The van der Waals surface area contributed by atoms with Gasteiger partial charge >= 0.3 is 6.55 Å². The first-order valence-electron chi connectivity index (χ1n) is 6.91. The van der Waals surface area contributed by atoms with Crippen molar-refractivity contribution in [2.45, 2.75) is 44.8 Å². The second-order valence-electron chi connectivity index (χ2n) is 5.04. The summed E-state index contributed by atoms with van der Waals surface area (Å²) in [5.41, 5.74) is 0. The number of imidazole rings is 1. The van der Waals surface area contributed by atoms with Crippen molar-refractivity contribution < 1.29 is 8.78 Å². The summed E-state index contributed by atoms with van der Waals surface area (Å²) in [7, 11) is 1.94. The summed E-state index contributed by atoms with van der Waals surface area (Å²) in [4.78, 5) is 6.37. The first-order chi connectivity index (χ1) is 9.22. The van der Waals surface area contributed by atoms with Gasteiger partial charge in [0.25, 0.3) is 0 Å². The molecule has 19 heavy (non-hydrogen) atoms. The summed E-state index contributed by atoms with van der Waals surface area (Å²) in [6.07, 6.45) is 7.39. The summed E-state index contributed by atoms with van der Waals surface area (Å²) >= 11 is 0. The van der Waals surface area contributed by atoms with Crippen LogP contribution in [0.4, 0.5) is 8.78 Å². The van der Waals surface area contributed by atoms with Gasteiger partial charge < -0.3 is 5.32 Å². The first kappa shape index (κ1) is 14.4. The molecule has 0 amide bonds. The van der Waals surface area contributed by atoms with Crippen LogP contribution in [0.3, 0.4) is 0 Å². The average molecular weight is 272 g/mol. The maximum absolute atomic E-state index is 12.8. The summed E-state index contributed by atoms with van der Waals surface area (Å²) in [5.74, 6) is 0.464. The van der Waals surface area contributed by atoms with Crippen molar-refractivity contribution in [2.75, 3.05) is 20.1 Å². The number of hydrogen-bond donors (Lipinski definition) is 1. The molecule has 1 aromatic heterocycles. The fourth-order valence-electron chi connectivity index (χ4n) is 2.73. The summed E-state index contributed by atoms with van der Waals surface area (Å²) in [6, 6.07) is 0.476. The van der Waals surface area contributed by atoms with Crippen LogP contribution in [-0.2, 0) is 6.54 Å². The smallest absolute Gasteiger partial charge is 0.319 e. The van der Waals surface area contributed by atoms with Crippen LogP contribution in [0.2, 0.25) is 0 Å². The van der Waals surface area contributed by atoms with E-state index >= 15 is 0 Å². The van der Waals surface area contributed by atoms with Crippen LogP contribution in [-0.4, -0.2) is 40.6 Å². The van der Waals surface area contributed by atoms with E-state index in [-0.39, 0.29) is 0 Å². The highest BCUT2D eigenvalue weighted by Gasteiger charge is 2.24. The van der Waals surface area contributed by atoms with Crippen molar-refractivity contribution in [3.05, 3.63) is 18.2 Å². The molecule has 2 heterocycles. The molecule has 0 aromatic carbocycles. The summed E-state index contributed by atoms with van der Waals surface area (Å²) in [6.45, 7) is -0.0428. The number of aromatic nitrogens is 2. The number of halogens is 2. The zero-order chi connectivity index (χ0) is 13.7. The lowest BCUT2D eigenvalue weighted by atomic mass is 9.99. The molecule has 1 atom stereocenters. The van der Waals surface area contributed by atoms with Gasteiger partial charge in [0.15, 0.2) is 0 Å². The van der Waals surface area contributed by atoms with E-state index in [0.29, 0.717) is 18.4 Å². The van der Waals surface area contributed by atoms with E-state index < -0.39 is 6.55 Å². The summed E-state index contributed by atoms with van der Waals surface area (Å²) < 4.78 is 26.6. The number of piperidine rings is 1. The van der Waals surface area contributed by atoms with Gasteiger partial charge in [-0.25, -0.2) is 4.98 Å². The summed E-state index contributed by atoms with van der Waals surface area (Å²) in [5, 5.41) is 3.16. The molecule has 0 aliphatic carbocycles. The Bertz CT molecular complexity index is 380. The molecule has 1 N–H and O–H groups in total. The topological polar surface area (TPSA) is 33.1 Å². The van der Waals surface area contributed by atoms with Gasteiger partial charge in [-0.05, 0) is 39.4 Å². The third kappa shape index (κ3) is 3.73. The van der Waals surface area contributed by atoms with E-state index in [9.17, 15) is 8.78 Å². The van der Waals surface area contributed by atoms with Crippen LogP contribution in [0.15, 0.2) is 12.4 Å². The Kier molecular flexibility index (Phi) is 5.27. The van der Waals surface area contributed by atoms with Crippen molar-refractivity contribution in [1.29, 1.82) is 0 Å². The van der Waals surface area contributed by atoms with Crippen molar-refractivity contribution in [1.82, 2.24) is 19.8 Å². The Hall–Kier alpha value is -1.01. The minimum atomic E-state index is -2.50. The Labute approximate surface area is 112 Å². The molecule has 1 aliphatic heterocycles. The molecule has 0 radical (unpaired) electrons. The van der Waals surface area contributed by atoms with Crippen LogP contribution < -0.4 is 5.32 Å². The normalized spacial score (nSPS) is 21.2. The zero-order valence-electron chi connectivity index (χ0n) is 11.4. The number of rotatable bonds is 6. The molecule has 1 fully saturated rings. The fraction of sp³-hybridized carbons (Fsp3) is 0.769. The lowest BCUT2D eigenvalue weighted by molar-refractivity contribution is 0.0590. The molecule has 6 heteroatoms. The maximum Gasteiger partial charge on any atom is 0.319 e. The van der Waals surface area contributed by atoms with Crippen LogP contribution in [0.25, 0.3) is 0 Å². The second kappa shape index (κ2) is 6.96. The SMILES string of the molecule is CNCCC1CCCCN1Cc1nccn1C(F)F.